The van der Waals surface area contributed by atoms with Gasteiger partial charge in [0.05, 0.1) is 17.4 Å². The first-order valence-electron chi connectivity index (χ1n) is 10.7. The molecule has 162 valence electrons. The standard InChI is InChI=1S/C27H27N3O2/c1-18-28-24-15-14-22(29-26(32)27(2,3)4)16-23(24)25(31)30(18)17-19-10-12-21(13-11-19)20-8-6-5-7-9-20/h5-16H,17H2,1-4H3,(H,29,32). The molecule has 4 aromatic rings. The third kappa shape index (κ3) is 4.47. The van der Waals surface area contributed by atoms with Gasteiger partial charge in [0.25, 0.3) is 5.56 Å². The first-order chi connectivity index (χ1) is 15.2. The average molecular weight is 426 g/mol. The molecule has 32 heavy (non-hydrogen) atoms. The van der Waals surface area contributed by atoms with Crippen LogP contribution in [0.4, 0.5) is 5.69 Å². The molecular weight excluding hydrogens is 398 g/mol. The zero-order chi connectivity index (χ0) is 22.9. The fourth-order valence-corrected chi connectivity index (χ4v) is 3.53. The second-order valence-corrected chi connectivity index (χ2v) is 9.05. The van der Waals surface area contributed by atoms with E-state index >= 15 is 0 Å². The number of hydrogen-bond acceptors (Lipinski definition) is 3. The molecule has 3 aromatic carbocycles. The minimum absolute atomic E-state index is 0.101. The number of nitrogens with zero attached hydrogens (tertiary/aromatic N) is 2. The maximum Gasteiger partial charge on any atom is 0.261 e. The van der Waals surface area contributed by atoms with E-state index in [4.69, 9.17) is 0 Å². The van der Waals surface area contributed by atoms with Gasteiger partial charge in [-0.25, -0.2) is 4.98 Å². The van der Waals surface area contributed by atoms with Crippen molar-refractivity contribution in [1.82, 2.24) is 9.55 Å². The van der Waals surface area contributed by atoms with Crippen LogP contribution in [0.2, 0.25) is 0 Å². The predicted octanol–water partition coefficient (Wildman–Crippen LogP) is 5.40. The molecule has 1 aromatic heterocycles. The Morgan fingerprint density at radius 2 is 1.59 bits per heavy atom. The highest BCUT2D eigenvalue weighted by Crippen LogP contribution is 2.21. The molecule has 0 aliphatic carbocycles. The van der Waals surface area contributed by atoms with Gasteiger partial charge in [-0.1, -0.05) is 75.4 Å². The Hall–Kier alpha value is -3.73. The lowest BCUT2D eigenvalue weighted by Crippen LogP contribution is -2.28. The Morgan fingerprint density at radius 1 is 0.938 bits per heavy atom. The van der Waals surface area contributed by atoms with Gasteiger partial charge in [-0.2, -0.15) is 0 Å². The lowest BCUT2D eigenvalue weighted by atomic mass is 9.95. The number of nitrogens with one attached hydrogen (secondary N) is 1. The number of aromatic nitrogens is 2. The molecule has 5 nitrogen and oxygen atoms in total. The minimum Gasteiger partial charge on any atom is -0.326 e. The van der Waals surface area contributed by atoms with Crippen LogP contribution in [0.25, 0.3) is 22.0 Å². The topological polar surface area (TPSA) is 64.0 Å². The molecule has 0 aliphatic heterocycles. The van der Waals surface area contributed by atoms with Gasteiger partial charge in [-0.05, 0) is 41.8 Å². The Labute approximate surface area is 187 Å². The smallest absolute Gasteiger partial charge is 0.261 e. The van der Waals surface area contributed by atoms with E-state index in [0.717, 1.165) is 16.7 Å². The number of carbonyl (C=O) groups is 1. The highest BCUT2D eigenvalue weighted by atomic mass is 16.2. The van der Waals surface area contributed by atoms with Crippen molar-refractivity contribution in [1.29, 1.82) is 0 Å². The van der Waals surface area contributed by atoms with Crippen molar-refractivity contribution >= 4 is 22.5 Å². The molecule has 5 heteroatoms. The van der Waals surface area contributed by atoms with Crippen LogP contribution in [0.3, 0.4) is 0 Å². The van der Waals surface area contributed by atoms with Crippen molar-refractivity contribution in [2.24, 2.45) is 5.41 Å². The van der Waals surface area contributed by atoms with Crippen molar-refractivity contribution < 1.29 is 4.79 Å². The summed E-state index contributed by atoms with van der Waals surface area (Å²) in [5.41, 5.74) is 3.89. The largest absolute Gasteiger partial charge is 0.326 e. The molecule has 0 aliphatic rings. The van der Waals surface area contributed by atoms with Crippen LogP contribution in [0.1, 0.15) is 32.2 Å². The molecule has 1 N–H and O–H groups in total. The van der Waals surface area contributed by atoms with Crippen LogP contribution in [0.5, 0.6) is 0 Å². The maximum atomic E-state index is 13.3. The molecule has 0 saturated heterocycles. The fraction of sp³-hybridized carbons (Fsp3) is 0.222. The second kappa shape index (κ2) is 8.42. The number of benzene rings is 3. The number of aryl methyl sites for hydroxylation is 1. The van der Waals surface area contributed by atoms with E-state index in [9.17, 15) is 9.59 Å². The van der Waals surface area contributed by atoms with Crippen LogP contribution in [0.15, 0.2) is 77.6 Å². The summed E-state index contributed by atoms with van der Waals surface area (Å²) < 4.78 is 1.68. The van der Waals surface area contributed by atoms with E-state index in [0.29, 0.717) is 29.0 Å². The molecule has 0 radical (unpaired) electrons. The lowest BCUT2D eigenvalue weighted by molar-refractivity contribution is -0.123. The first kappa shape index (κ1) is 21.5. The number of rotatable bonds is 4. The van der Waals surface area contributed by atoms with Crippen LogP contribution >= 0.6 is 0 Å². The molecule has 1 heterocycles. The summed E-state index contributed by atoms with van der Waals surface area (Å²) >= 11 is 0. The SMILES string of the molecule is Cc1nc2ccc(NC(=O)C(C)(C)C)cc2c(=O)n1Cc1ccc(-c2ccccc2)cc1. The molecule has 0 spiro atoms. The van der Waals surface area contributed by atoms with Crippen molar-refractivity contribution in [3.05, 3.63) is 94.5 Å². The zero-order valence-electron chi connectivity index (χ0n) is 18.8. The van der Waals surface area contributed by atoms with Gasteiger partial charge in [0, 0.05) is 11.1 Å². The monoisotopic (exact) mass is 425 g/mol. The molecule has 0 saturated carbocycles. The van der Waals surface area contributed by atoms with E-state index in [2.05, 4.69) is 34.6 Å². The van der Waals surface area contributed by atoms with E-state index in [1.54, 1.807) is 22.8 Å². The molecule has 0 atom stereocenters. The van der Waals surface area contributed by atoms with Gasteiger partial charge < -0.3 is 5.32 Å². The Kier molecular flexibility index (Phi) is 5.66. The Morgan fingerprint density at radius 3 is 2.25 bits per heavy atom. The zero-order valence-corrected chi connectivity index (χ0v) is 18.8. The summed E-state index contributed by atoms with van der Waals surface area (Å²) in [5, 5.41) is 3.38. The van der Waals surface area contributed by atoms with E-state index in [1.165, 1.54) is 0 Å². The van der Waals surface area contributed by atoms with Crippen LogP contribution in [-0.4, -0.2) is 15.5 Å². The quantitative estimate of drug-likeness (QED) is 0.476. The van der Waals surface area contributed by atoms with Gasteiger partial charge in [0.15, 0.2) is 0 Å². The van der Waals surface area contributed by atoms with Gasteiger partial charge in [-0.3, -0.25) is 14.2 Å². The van der Waals surface area contributed by atoms with Crippen LogP contribution < -0.4 is 10.9 Å². The number of hydrogen-bond donors (Lipinski definition) is 1. The number of amides is 1. The summed E-state index contributed by atoms with van der Waals surface area (Å²) in [6.45, 7) is 7.83. The second-order valence-electron chi connectivity index (χ2n) is 9.05. The molecule has 4 rings (SSSR count). The van der Waals surface area contributed by atoms with Crippen molar-refractivity contribution in [3.8, 4) is 11.1 Å². The van der Waals surface area contributed by atoms with Gasteiger partial charge >= 0.3 is 0 Å². The average Bonchev–Trinajstić information content (AvgIpc) is 2.77. The summed E-state index contributed by atoms with van der Waals surface area (Å²) in [4.78, 5) is 30.2. The van der Waals surface area contributed by atoms with E-state index in [1.807, 2.05) is 58.0 Å². The van der Waals surface area contributed by atoms with Crippen molar-refractivity contribution in [3.63, 3.8) is 0 Å². The molecule has 0 fully saturated rings. The van der Waals surface area contributed by atoms with Gasteiger partial charge in [0.1, 0.15) is 5.82 Å². The Bertz CT molecular complexity index is 1330. The normalized spacial score (nSPS) is 11.5. The summed E-state index contributed by atoms with van der Waals surface area (Å²) in [6.07, 6.45) is 0. The highest BCUT2D eigenvalue weighted by Gasteiger charge is 2.21. The van der Waals surface area contributed by atoms with Gasteiger partial charge in [0.2, 0.25) is 5.91 Å². The fourth-order valence-electron chi connectivity index (χ4n) is 3.53. The molecule has 1 amide bonds. The highest BCUT2D eigenvalue weighted by molar-refractivity contribution is 5.96. The molecule has 0 bridgehead atoms. The lowest BCUT2D eigenvalue weighted by Gasteiger charge is -2.18. The van der Waals surface area contributed by atoms with Crippen LogP contribution in [0, 0.1) is 12.3 Å². The van der Waals surface area contributed by atoms with Crippen LogP contribution in [-0.2, 0) is 11.3 Å². The maximum absolute atomic E-state index is 13.3. The summed E-state index contributed by atoms with van der Waals surface area (Å²) in [6, 6.07) is 23.7. The summed E-state index contributed by atoms with van der Waals surface area (Å²) in [5.74, 6) is 0.553. The van der Waals surface area contributed by atoms with E-state index < -0.39 is 5.41 Å². The van der Waals surface area contributed by atoms with Crippen molar-refractivity contribution in [2.75, 3.05) is 5.32 Å². The number of anilines is 1. The van der Waals surface area contributed by atoms with Gasteiger partial charge in [-0.15, -0.1) is 0 Å². The number of fused-ring (bicyclic) bond motifs is 1. The first-order valence-corrected chi connectivity index (χ1v) is 10.7. The molecular formula is C27H27N3O2. The van der Waals surface area contributed by atoms with Crippen molar-refractivity contribution in [2.45, 2.75) is 34.2 Å². The molecule has 0 unspecified atom stereocenters. The third-order valence-corrected chi connectivity index (χ3v) is 5.49. The summed E-state index contributed by atoms with van der Waals surface area (Å²) in [7, 11) is 0. The predicted molar refractivity (Wildman–Crippen MR) is 130 cm³/mol. The third-order valence-electron chi connectivity index (χ3n) is 5.49. The Balaban J connectivity index is 1.65. The number of carbonyl (C=O) groups excluding carboxylic acids is 1. The minimum atomic E-state index is -0.521. The van der Waals surface area contributed by atoms with E-state index in [-0.39, 0.29) is 11.5 Å².